The average Bonchev–Trinajstić information content (AvgIpc) is 2.17. The predicted octanol–water partition coefficient (Wildman–Crippen LogP) is 0.125. The van der Waals surface area contributed by atoms with E-state index in [-0.39, 0.29) is 5.76 Å². The minimum Gasteiger partial charge on any atom is -0.487 e. The maximum Gasteiger partial charge on any atom is 0.413 e. The predicted molar refractivity (Wildman–Crippen MR) is 39.2 cm³/mol. The van der Waals surface area contributed by atoms with Gasteiger partial charge in [0.1, 0.15) is 6.61 Å². The van der Waals surface area contributed by atoms with Gasteiger partial charge in [0.15, 0.2) is 12.0 Å². The molecule has 1 aliphatic heterocycles. The van der Waals surface area contributed by atoms with Crippen molar-refractivity contribution in [2.75, 3.05) is 20.3 Å². The molecule has 1 amide bonds. The molecule has 0 aliphatic carbocycles. The van der Waals surface area contributed by atoms with E-state index in [0.29, 0.717) is 19.4 Å². The van der Waals surface area contributed by atoms with E-state index < -0.39 is 6.09 Å². The third-order valence-electron chi connectivity index (χ3n) is 1.41. The molecule has 0 radical (unpaired) electrons. The lowest BCUT2D eigenvalue weighted by molar-refractivity contribution is -0.108. The van der Waals surface area contributed by atoms with Crippen LogP contribution in [0.1, 0.15) is 0 Å². The smallest absolute Gasteiger partial charge is 0.413 e. The molecule has 66 valence electrons. The van der Waals surface area contributed by atoms with Gasteiger partial charge in [-0.1, -0.05) is 0 Å². The highest BCUT2D eigenvalue weighted by molar-refractivity contribution is 5.74. The molecule has 0 atom stereocenters. The van der Waals surface area contributed by atoms with Crippen LogP contribution in [0.4, 0.5) is 4.79 Å². The number of hydrogen-bond acceptors (Lipinski definition) is 4. The van der Waals surface area contributed by atoms with Crippen LogP contribution in [0.25, 0.3) is 0 Å². The van der Waals surface area contributed by atoms with E-state index in [1.165, 1.54) is 18.2 Å². The van der Waals surface area contributed by atoms with Gasteiger partial charge in [0.25, 0.3) is 0 Å². The largest absolute Gasteiger partial charge is 0.487 e. The Kier molecular flexibility index (Phi) is 2.68. The van der Waals surface area contributed by atoms with Crippen LogP contribution in [0.3, 0.4) is 0 Å². The summed E-state index contributed by atoms with van der Waals surface area (Å²) in [5, 5.41) is 0. The zero-order chi connectivity index (χ0) is 8.97. The number of carbonyl (C=O) groups excluding carboxylic acids is 2. The van der Waals surface area contributed by atoms with Crippen LogP contribution < -0.4 is 0 Å². The minimum absolute atomic E-state index is 0.145. The summed E-state index contributed by atoms with van der Waals surface area (Å²) in [6.07, 6.45) is 1.38. The molecule has 5 nitrogen and oxygen atoms in total. The normalized spacial score (nSPS) is 16.1. The molecule has 1 aliphatic rings. The van der Waals surface area contributed by atoms with Crippen LogP contribution in [0.5, 0.6) is 0 Å². The first-order valence-corrected chi connectivity index (χ1v) is 3.42. The molecule has 0 aromatic rings. The van der Waals surface area contributed by atoms with Crippen LogP contribution >= 0.6 is 0 Å². The first-order valence-electron chi connectivity index (χ1n) is 3.42. The lowest BCUT2D eigenvalue weighted by atomic mass is 10.4. The Balaban J connectivity index is 2.66. The summed E-state index contributed by atoms with van der Waals surface area (Å²) in [5.74, 6) is 0.145. The van der Waals surface area contributed by atoms with Crippen LogP contribution in [-0.4, -0.2) is 37.5 Å². The SMILES string of the molecule is COC(=O)N1C=C(C=O)OCC1. The standard InChI is InChI=1S/C7H9NO4/c1-11-7(10)8-2-3-12-6(4-8)5-9/h4-5H,2-3H2,1H3. The molecule has 1 heterocycles. The molecule has 0 saturated heterocycles. The van der Waals surface area contributed by atoms with Gasteiger partial charge in [0, 0.05) is 0 Å². The zero-order valence-corrected chi connectivity index (χ0v) is 6.65. The van der Waals surface area contributed by atoms with Crippen LogP contribution in [0, 0.1) is 0 Å². The molecular formula is C7H9NO4. The summed E-state index contributed by atoms with van der Waals surface area (Å²) in [5.41, 5.74) is 0. The average molecular weight is 171 g/mol. The second-order valence-electron chi connectivity index (χ2n) is 2.16. The first kappa shape index (κ1) is 8.58. The molecule has 0 aromatic heterocycles. The highest BCUT2D eigenvalue weighted by atomic mass is 16.5. The number of hydrogen-bond donors (Lipinski definition) is 0. The third kappa shape index (κ3) is 1.75. The van der Waals surface area contributed by atoms with Crippen molar-refractivity contribution in [1.82, 2.24) is 4.90 Å². The lowest BCUT2D eigenvalue weighted by Gasteiger charge is -2.21. The Morgan fingerprint density at radius 3 is 3.17 bits per heavy atom. The maximum atomic E-state index is 10.9. The monoisotopic (exact) mass is 171 g/mol. The van der Waals surface area contributed by atoms with E-state index in [9.17, 15) is 9.59 Å². The number of carbonyl (C=O) groups is 2. The number of aldehydes is 1. The highest BCUT2D eigenvalue weighted by Crippen LogP contribution is 2.06. The van der Waals surface area contributed by atoms with Gasteiger partial charge in [-0.3, -0.25) is 9.69 Å². The van der Waals surface area contributed by atoms with Crippen molar-refractivity contribution in [1.29, 1.82) is 0 Å². The van der Waals surface area contributed by atoms with Crippen LogP contribution in [0.15, 0.2) is 12.0 Å². The van der Waals surface area contributed by atoms with E-state index in [4.69, 9.17) is 4.74 Å². The Hall–Kier alpha value is -1.52. The molecule has 0 saturated carbocycles. The third-order valence-corrected chi connectivity index (χ3v) is 1.41. The van der Waals surface area contributed by atoms with Gasteiger partial charge < -0.3 is 9.47 Å². The van der Waals surface area contributed by atoms with E-state index in [1.807, 2.05) is 0 Å². The second kappa shape index (κ2) is 3.75. The van der Waals surface area contributed by atoms with Crippen molar-refractivity contribution in [2.24, 2.45) is 0 Å². The molecule has 12 heavy (non-hydrogen) atoms. The topological polar surface area (TPSA) is 55.8 Å². The molecule has 0 N–H and O–H groups in total. The Morgan fingerprint density at radius 2 is 2.58 bits per heavy atom. The molecule has 0 aromatic carbocycles. The summed E-state index contributed by atoms with van der Waals surface area (Å²) in [4.78, 5) is 22.4. The Bertz CT molecular complexity index is 223. The van der Waals surface area contributed by atoms with Crippen LogP contribution in [-0.2, 0) is 14.3 Å². The lowest BCUT2D eigenvalue weighted by Crippen LogP contribution is -2.32. The van der Waals surface area contributed by atoms with E-state index in [2.05, 4.69) is 4.74 Å². The quantitative estimate of drug-likeness (QED) is 0.526. The fourth-order valence-corrected chi connectivity index (χ4v) is 0.843. The van der Waals surface area contributed by atoms with Crippen molar-refractivity contribution in [2.45, 2.75) is 0 Å². The van der Waals surface area contributed by atoms with Gasteiger partial charge >= 0.3 is 6.09 Å². The van der Waals surface area contributed by atoms with Crippen molar-refractivity contribution >= 4 is 12.4 Å². The van der Waals surface area contributed by atoms with E-state index in [0.717, 1.165) is 0 Å². The van der Waals surface area contributed by atoms with Crippen molar-refractivity contribution < 1.29 is 19.1 Å². The van der Waals surface area contributed by atoms with Crippen molar-refractivity contribution in [3.05, 3.63) is 12.0 Å². The Labute approximate surface area is 69.5 Å². The molecule has 0 spiro atoms. The summed E-state index contributed by atoms with van der Waals surface area (Å²) in [7, 11) is 1.28. The molecule has 5 heteroatoms. The number of nitrogens with zero attached hydrogens (tertiary/aromatic N) is 1. The molecule has 0 fully saturated rings. The van der Waals surface area contributed by atoms with Gasteiger partial charge in [-0.25, -0.2) is 4.79 Å². The van der Waals surface area contributed by atoms with Gasteiger partial charge in [-0.2, -0.15) is 0 Å². The summed E-state index contributed by atoms with van der Waals surface area (Å²) < 4.78 is 9.35. The molecule has 1 rings (SSSR count). The highest BCUT2D eigenvalue weighted by Gasteiger charge is 2.16. The number of amides is 1. The van der Waals surface area contributed by atoms with Gasteiger partial charge in [-0.05, 0) is 0 Å². The summed E-state index contributed by atoms with van der Waals surface area (Å²) in [6.45, 7) is 0.726. The summed E-state index contributed by atoms with van der Waals surface area (Å²) >= 11 is 0. The van der Waals surface area contributed by atoms with Gasteiger partial charge in [-0.15, -0.1) is 0 Å². The second-order valence-corrected chi connectivity index (χ2v) is 2.16. The minimum atomic E-state index is -0.488. The number of rotatable bonds is 1. The Morgan fingerprint density at radius 1 is 1.83 bits per heavy atom. The number of ether oxygens (including phenoxy) is 2. The van der Waals surface area contributed by atoms with Crippen molar-refractivity contribution in [3.8, 4) is 0 Å². The fraction of sp³-hybridized carbons (Fsp3) is 0.429. The first-order chi connectivity index (χ1) is 5.77. The number of methoxy groups -OCH3 is 1. The van der Waals surface area contributed by atoms with E-state index in [1.54, 1.807) is 0 Å². The molecule has 0 unspecified atom stereocenters. The molecular weight excluding hydrogens is 162 g/mol. The summed E-state index contributed by atoms with van der Waals surface area (Å²) in [6, 6.07) is 0. The maximum absolute atomic E-state index is 10.9. The van der Waals surface area contributed by atoms with Gasteiger partial charge in [0.05, 0.1) is 19.9 Å². The van der Waals surface area contributed by atoms with Crippen LogP contribution in [0.2, 0.25) is 0 Å². The number of allylic oxidation sites excluding steroid dienone is 1. The van der Waals surface area contributed by atoms with Crippen molar-refractivity contribution in [3.63, 3.8) is 0 Å². The zero-order valence-electron chi connectivity index (χ0n) is 6.65. The van der Waals surface area contributed by atoms with E-state index >= 15 is 0 Å². The fourth-order valence-electron chi connectivity index (χ4n) is 0.843. The van der Waals surface area contributed by atoms with Gasteiger partial charge in [0.2, 0.25) is 0 Å². The molecule has 0 bridgehead atoms.